The van der Waals surface area contributed by atoms with E-state index in [-0.39, 0.29) is 43.2 Å². The van der Waals surface area contributed by atoms with Crippen LogP contribution in [-0.4, -0.2) is 66.0 Å². The third-order valence-corrected chi connectivity index (χ3v) is 6.42. The van der Waals surface area contributed by atoms with Gasteiger partial charge in [-0.15, -0.1) is 0 Å². The molecule has 8 nitrogen and oxygen atoms in total. The number of nitrogens with one attached hydrogen (secondary N) is 2. The zero-order chi connectivity index (χ0) is 27.6. The standard InChI is InChI=1S/C29H32F2N4O4/c1-38-28-11-10-25-29(35-28)19(12-14-33-25)4-6-22-7-9-24(26(39-22)18-27(37)34-15-16-36)32-13-2-3-20-17-21(30)5-8-23(20)31/h2-6,8,10-12,14,17,22,24,26,32,36H,7,9,13,15-16,18H2,1H3,(H,34,37)/b3-2+,6-4+/t22-,24-,26-/m1/s1. The lowest BCUT2D eigenvalue weighted by atomic mass is 9.95. The summed E-state index contributed by atoms with van der Waals surface area (Å²) >= 11 is 0. The monoisotopic (exact) mass is 538 g/mol. The number of hydrogen-bond donors (Lipinski definition) is 3. The van der Waals surface area contributed by atoms with E-state index in [9.17, 15) is 13.6 Å². The highest BCUT2D eigenvalue weighted by molar-refractivity contribution is 5.84. The van der Waals surface area contributed by atoms with E-state index in [0.717, 1.165) is 35.7 Å². The molecule has 3 aromatic rings. The summed E-state index contributed by atoms with van der Waals surface area (Å²) in [5.74, 6) is -0.736. The molecule has 39 heavy (non-hydrogen) atoms. The van der Waals surface area contributed by atoms with Crippen molar-refractivity contribution in [2.24, 2.45) is 0 Å². The molecule has 0 aliphatic carbocycles. The van der Waals surface area contributed by atoms with E-state index in [2.05, 4.69) is 20.6 Å². The summed E-state index contributed by atoms with van der Waals surface area (Å²) in [5.41, 5.74) is 2.49. The van der Waals surface area contributed by atoms with Gasteiger partial charge in [-0.2, -0.15) is 0 Å². The van der Waals surface area contributed by atoms with Gasteiger partial charge in [0.25, 0.3) is 0 Å². The molecule has 3 heterocycles. The number of pyridine rings is 2. The molecule has 0 spiro atoms. The third kappa shape index (κ3) is 7.89. The maximum Gasteiger partial charge on any atom is 0.222 e. The Morgan fingerprint density at radius 1 is 1.18 bits per heavy atom. The van der Waals surface area contributed by atoms with Crippen LogP contribution in [0.1, 0.15) is 30.4 Å². The first kappa shape index (κ1) is 28.3. The predicted octanol–water partition coefficient (Wildman–Crippen LogP) is 3.65. The maximum absolute atomic E-state index is 13.9. The fourth-order valence-corrected chi connectivity index (χ4v) is 4.47. The van der Waals surface area contributed by atoms with Crippen molar-refractivity contribution in [3.63, 3.8) is 0 Å². The summed E-state index contributed by atoms with van der Waals surface area (Å²) in [6, 6.07) is 8.65. The van der Waals surface area contributed by atoms with Crippen LogP contribution in [0.15, 0.2) is 54.7 Å². The number of amides is 1. The number of aliphatic hydroxyl groups excluding tert-OH is 1. The topological polar surface area (TPSA) is 106 Å². The third-order valence-electron chi connectivity index (χ3n) is 6.42. The van der Waals surface area contributed by atoms with Gasteiger partial charge < -0.3 is 25.2 Å². The molecule has 1 fully saturated rings. The van der Waals surface area contributed by atoms with Gasteiger partial charge >= 0.3 is 0 Å². The summed E-state index contributed by atoms with van der Waals surface area (Å²) in [5, 5.41) is 15.1. The van der Waals surface area contributed by atoms with E-state index >= 15 is 0 Å². The molecule has 1 aliphatic heterocycles. The number of fused-ring (bicyclic) bond motifs is 1. The molecule has 0 saturated carbocycles. The number of aliphatic hydroxyl groups is 1. The summed E-state index contributed by atoms with van der Waals surface area (Å²) < 4.78 is 38.9. The quantitative estimate of drug-likeness (QED) is 0.342. The molecule has 1 amide bonds. The van der Waals surface area contributed by atoms with Crippen molar-refractivity contribution in [1.29, 1.82) is 0 Å². The molecule has 4 rings (SSSR count). The van der Waals surface area contributed by atoms with E-state index in [1.807, 2.05) is 24.3 Å². The SMILES string of the molecule is COc1ccc2nccc(/C=C/[C@@H]3CC[C@@H](NC/C=C/c4cc(F)ccc4F)[C@@H](CC(=O)NCCO)O3)c2n1. The van der Waals surface area contributed by atoms with E-state index in [0.29, 0.717) is 24.4 Å². The van der Waals surface area contributed by atoms with Gasteiger partial charge in [0.1, 0.15) is 11.6 Å². The Kier molecular flexibility index (Phi) is 10.1. The average molecular weight is 539 g/mol. The van der Waals surface area contributed by atoms with E-state index in [1.54, 1.807) is 25.4 Å². The van der Waals surface area contributed by atoms with Crippen molar-refractivity contribution in [2.45, 2.75) is 37.5 Å². The molecule has 2 aromatic heterocycles. The number of methoxy groups -OCH3 is 1. The van der Waals surface area contributed by atoms with Crippen LogP contribution in [0.3, 0.4) is 0 Å². The van der Waals surface area contributed by atoms with Gasteiger partial charge in [-0.1, -0.05) is 24.3 Å². The first-order chi connectivity index (χ1) is 19.0. The van der Waals surface area contributed by atoms with Crippen molar-refractivity contribution in [3.8, 4) is 5.88 Å². The number of aromatic nitrogens is 2. The smallest absolute Gasteiger partial charge is 0.222 e. The molecule has 0 unspecified atom stereocenters. The second-order valence-electron chi connectivity index (χ2n) is 9.13. The van der Waals surface area contributed by atoms with Crippen LogP contribution < -0.4 is 15.4 Å². The Hall–Kier alpha value is -3.73. The van der Waals surface area contributed by atoms with Crippen LogP contribution in [0, 0.1) is 11.6 Å². The Labute approximate surface area is 225 Å². The highest BCUT2D eigenvalue weighted by Gasteiger charge is 2.31. The van der Waals surface area contributed by atoms with Crippen LogP contribution >= 0.6 is 0 Å². The summed E-state index contributed by atoms with van der Waals surface area (Å²) in [4.78, 5) is 21.3. The Morgan fingerprint density at radius 3 is 2.87 bits per heavy atom. The first-order valence-corrected chi connectivity index (χ1v) is 12.8. The fraction of sp³-hybridized carbons (Fsp3) is 0.345. The number of ether oxygens (including phenoxy) is 2. The zero-order valence-corrected chi connectivity index (χ0v) is 21.6. The highest BCUT2D eigenvalue weighted by atomic mass is 19.1. The molecule has 0 bridgehead atoms. The van der Waals surface area contributed by atoms with Crippen LogP contribution in [0.5, 0.6) is 5.88 Å². The van der Waals surface area contributed by atoms with Gasteiger partial charge in [-0.3, -0.25) is 9.78 Å². The zero-order valence-electron chi connectivity index (χ0n) is 21.6. The van der Waals surface area contributed by atoms with Crippen LogP contribution in [0.25, 0.3) is 23.2 Å². The van der Waals surface area contributed by atoms with Gasteiger partial charge in [0.2, 0.25) is 11.8 Å². The van der Waals surface area contributed by atoms with Crippen LogP contribution in [-0.2, 0) is 9.53 Å². The average Bonchev–Trinajstić information content (AvgIpc) is 2.95. The number of benzene rings is 1. The minimum Gasteiger partial charge on any atom is -0.481 e. The van der Waals surface area contributed by atoms with Gasteiger partial charge in [-0.25, -0.2) is 13.8 Å². The van der Waals surface area contributed by atoms with Crippen LogP contribution in [0.2, 0.25) is 0 Å². The number of carbonyl (C=O) groups is 1. The largest absolute Gasteiger partial charge is 0.481 e. The van der Waals surface area contributed by atoms with Gasteiger partial charge in [0.15, 0.2) is 0 Å². The van der Waals surface area contributed by atoms with E-state index in [1.165, 1.54) is 6.08 Å². The first-order valence-electron chi connectivity index (χ1n) is 12.8. The minimum atomic E-state index is -0.507. The normalized spacial score (nSPS) is 19.6. The van der Waals surface area contributed by atoms with Gasteiger partial charge in [0.05, 0.1) is 43.4 Å². The van der Waals surface area contributed by atoms with Crippen molar-refractivity contribution in [2.75, 3.05) is 26.8 Å². The lowest BCUT2D eigenvalue weighted by Crippen LogP contribution is -2.49. The van der Waals surface area contributed by atoms with Crippen molar-refractivity contribution < 1.29 is 28.2 Å². The molecule has 3 N–H and O–H groups in total. The Bertz CT molecular complexity index is 1330. The lowest BCUT2D eigenvalue weighted by Gasteiger charge is -2.36. The molecule has 1 saturated heterocycles. The molecule has 1 aliphatic rings. The van der Waals surface area contributed by atoms with Gasteiger partial charge in [0, 0.05) is 42.5 Å². The molecular weight excluding hydrogens is 506 g/mol. The summed E-state index contributed by atoms with van der Waals surface area (Å²) in [6.07, 6.45) is 9.74. The Morgan fingerprint density at radius 2 is 2.05 bits per heavy atom. The minimum absolute atomic E-state index is 0.112. The highest BCUT2D eigenvalue weighted by Crippen LogP contribution is 2.25. The molecule has 10 heteroatoms. The second-order valence-corrected chi connectivity index (χ2v) is 9.13. The van der Waals surface area contributed by atoms with Crippen molar-refractivity contribution in [3.05, 3.63) is 77.5 Å². The number of halogens is 2. The van der Waals surface area contributed by atoms with E-state index < -0.39 is 17.7 Å². The van der Waals surface area contributed by atoms with Crippen molar-refractivity contribution in [1.82, 2.24) is 20.6 Å². The molecule has 206 valence electrons. The number of nitrogens with zero attached hydrogens (tertiary/aromatic N) is 2. The molecule has 0 radical (unpaired) electrons. The number of hydrogen-bond acceptors (Lipinski definition) is 7. The fourth-order valence-electron chi connectivity index (χ4n) is 4.47. The second kappa shape index (κ2) is 13.9. The summed E-state index contributed by atoms with van der Waals surface area (Å²) in [7, 11) is 1.56. The van der Waals surface area contributed by atoms with Gasteiger partial charge in [-0.05, 0) is 43.2 Å². The number of rotatable bonds is 11. The lowest BCUT2D eigenvalue weighted by molar-refractivity contribution is -0.127. The molecular formula is C29H32F2N4O4. The van der Waals surface area contributed by atoms with Crippen LogP contribution in [0.4, 0.5) is 8.78 Å². The van der Waals surface area contributed by atoms with Crippen molar-refractivity contribution >= 4 is 29.1 Å². The predicted molar refractivity (Wildman–Crippen MR) is 145 cm³/mol. The Balaban J connectivity index is 1.43. The maximum atomic E-state index is 13.9. The number of carbonyl (C=O) groups excluding carboxylic acids is 1. The van der Waals surface area contributed by atoms with E-state index in [4.69, 9.17) is 14.6 Å². The molecule has 3 atom stereocenters. The molecule has 1 aromatic carbocycles. The summed E-state index contributed by atoms with van der Waals surface area (Å²) in [6.45, 7) is 0.403.